The van der Waals surface area contributed by atoms with Gasteiger partial charge < -0.3 is 0 Å². The summed E-state index contributed by atoms with van der Waals surface area (Å²) in [5.74, 6) is -1.17. The van der Waals surface area contributed by atoms with E-state index in [0.29, 0.717) is 0 Å². The quantitative estimate of drug-likeness (QED) is 0.745. The Labute approximate surface area is 90.1 Å². The summed E-state index contributed by atoms with van der Waals surface area (Å²) in [5, 5.41) is 0.0914. The highest BCUT2D eigenvalue weighted by Gasteiger charge is 2.16. The lowest BCUT2D eigenvalue weighted by molar-refractivity contribution is 0.0956. The highest BCUT2D eigenvalue weighted by atomic mass is 35.5. The van der Waals surface area contributed by atoms with E-state index in [9.17, 15) is 9.18 Å². The van der Waals surface area contributed by atoms with Crippen LogP contribution in [0.4, 0.5) is 4.39 Å². The Hall–Kier alpha value is -1.68. The Balaban J connectivity index is 2.51. The molecule has 0 unspecified atom stereocenters. The van der Waals surface area contributed by atoms with Crippen LogP contribution in [0.5, 0.6) is 0 Å². The van der Waals surface area contributed by atoms with Crippen molar-refractivity contribution in [2.75, 3.05) is 0 Å². The molecule has 0 aliphatic heterocycles. The van der Waals surface area contributed by atoms with Crippen LogP contribution in [0.15, 0.2) is 36.9 Å². The maximum absolute atomic E-state index is 13.4. The van der Waals surface area contributed by atoms with Crippen LogP contribution in [-0.4, -0.2) is 15.5 Å². The molecule has 5 heteroatoms. The number of nitrogens with zero attached hydrogens (tertiary/aromatic N) is 2. The highest BCUT2D eigenvalue weighted by Crippen LogP contribution is 2.19. The first kappa shape index (κ1) is 9.86. The van der Waals surface area contributed by atoms with E-state index in [0.717, 1.165) is 0 Å². The van der Waals surface area contributed by atoms with Crippen molar-refractivity contribution in [1.82, 2.24) is 9.55 Å². The van der Waals surface area contributed by atoms with Gasteiger partial charge in [0.15, 0.2) is 0 Å². The number of benzene rings is 1. The van der Waals surface area contributed by atoms with Gasteiger partial charge in [-0.15, -0.1) is 0 Å². The van der Waals surface area contributed by atoms with Gasteiger partial charge in [-0.3, -0.25) is 9.36 Å². The van der Waals surface area contributed by atoms with Gasteiger partial charge in [0, 0.05) is 12.4 Å². The zero-order valence-electron chi connectivity index (χ0n) is 7.52. The van der Waals surface area contributed by atoms with Crippen LogP contribution in [0, 0.1) is 5.82 Å². The van der Waals surface area contributed by atoms with E-state index in [2.05, 4.69) is 4.98 Å². The molecule has 0 atom stereocenters. The van der Waals surface area contributed by atoms with Crippen LogP contribution in [0.2, 0.25) is 5.02 Å². The van der Waals surface area contributed by atoms with E-state index < -0.39 is 11.7 Å². The average molecular weight is 225 g/mol. The summed E-state index contributed by atoms with van der Waals surface area (Å²) in [4.78, 5) is 15.5. The Morgan fingerprint density at radius 1 is 1.47 bits per heavy atom. The summed E-state index contributed by atoms with van der Waals surface area (Å²) in [6.45, 7) is 0. The van der Waals surface area contributed by atoms with Gasteiger partial charge >= 0.3 is 0 Å². The number of rotatable bonds is 1. The van der Waals surface area contributed by atoms with Gasteiger partial charge in [0.1, 0.15) is 12.1 Å². The molecule has 0 saturated heterocycles. The molecular formula is C10H6ClFN2O. The predicted molar refractivity (Wildman–Crippen MR) is 53.4 cm³/mol. The first-order valence-corrected chi connectivity index (χ1v) is 4.54. The second-order valence-corrected chi connectivity index (χ2v) is 3.28. The van der Waals surface area contributed by atoms with Crippen LogP contribution in [0.25, 0.3) is 0 Å². The number of hydrogen-bond acceptors (Lipinski definition) is 2. The average Bonchev–Trinajstić information content (AvgIpc) is 2.69. The number of carbonyl (C=O) groups excluding carboxylic acids is 1. The second-order valence-electron chi connectivity index (χ2n) is 2.87. The summed E-state index contributed by atoms with van der Waals surface area (Å²) in [6.07, 6.45) is 4.17. The molecule has 0 aliphatic rings. The molecule has 0 fully saturated rings. The SMILES string of the molecule is O=C(c1c(F)cccc1Cl)n1ccnc1. The fourth-order valence-corrected chi connectivity index (χ4v) is 1.45. The summed E-state index contributed by atoms with van der Waals surface area (Å²) in [7, 11) is 0. The van der Waals surface area contributed by atoms with Crippen molar-refractivity contribution in [1.29, 1.82) is 0 Å². The van der Waals surface area contributed by atoms with Crippen LogP contribution in [0.3, 0.4) is 0 Å². The molecule has 2 aromatic rings. The fourth-order valence-electron chi connectivity index (χ4n) is 1.21. The van der Waals surface area contributed by atoms with Crippen LogP contribution >= 0.6 is 11.6 Å². The van der Waals surface area contributed by atoms with Crippen molar-refractivity contribution in [3.63, 3.8) is 0 Å². The smallest absolute Gasteiger partial charge is 0.267 e. The largest absolute Gasteiger partial charge is 0.272 e. The van der Waals surface area contributed by atoms with Crippen LogP contribution < -0.4 is 0 Å². The number of halogens is 2. The maximum atomic E-state index is 13.4. The Bertz CT molecular complexity index is 476. The first-order chi connectivity index (χ1) is 7.20. The second kappa shape index (κ2) is 3.82. The third kappa shape index (κ3) is 1.76. The Morgan fingerprint density at radius 3 is 2.87 bits per heavy atom. The molecule has 2 rings (SSSR count). The van der Waals surface area contributed by atoms with E-state index in [4.69, 9.17) is 11.6 Å². The van der Waals surface area contributed by atoms with Gasteiger partial charge in [0.2, 0.25) is 0 Å². The normalized spacial score (nSPS) is 10.3. The molecule has 76 valence electrons. The molecule has 1 aromatic heterocycles. The first-order valence-electron chi connectivity index (χ1n) is 4.17. The highest BCUT2D eigenvalue weighted by molar-refractivity contribution is 6.33. The van der Waals surface area contributed by atoms with Crippen molar-refractivity contribution in [2.45, 2.75) is 0 Å². The fraction of sp³-hybridized carbons (Fsp3) is 0. The van der Waals surface area contributed by atoms with Gasteiger partial charge in [-0.1, -0.05) is 17.7 Å². The van der Waals surface area contributed by atoms with E-state index in [1.54, 1.807) is 0 Å². The van der Waals surface area contributed by atoms with Crippen molar-refractivity contribution in [3.8, 4) is 0 Å². The number of hydrogen-bond donors (Lipinski definition) is 0. The van der Waals surface area contributed by atoms with E-state index in [1.807, 2.05) is 0 Å². The predicted octanol–water partition coefficient (Wildman–Crippen LogP) is 2.36. The molecule has 1 heterocycles. The van der Waals surface area contributed by atoms with Crippen LogP contribution in [0.1, 0.15) is 10.4 Å². The van der Waals surface area contributed by atoms with E-state index in [1.165, 1.54) is 41.5 Å². The lowest BCUT2D eigenvalue weighted by Gasteiger charge is -2.04. The minimum Gasteiger partial charge on any atom is -0.272 e. The van der Waals surface area contributed by atoms with E-state index >= 15 is 0 Å². The molecule has 0 radical (unpaired) electrons. The third-order valence-corrected chi connectivity index (χ3v) is 2.23. The zero-order valence-corrected chi connectivity index (χ0v) is 8.28. The summed E-state index contributed by atoms with van der Waals surface area (Å²) in [5.41, 5.74) is -0.142. The molecule has 0 bridgehead atoms. The molecular weight excluding hydrogens is 219 g/mol. The molecule has 15 heavy (non-hydrogen) atoms. The van der Waals surface area contributed by atoms with Crippen molar-refractivity contribution < 1.29 is 9.18 Å². The van der Waals surface area contributed by atoms with Gasteiger partial charge in [-0.2, -0.15) is 0 Å². The van der Waals surface area contributed by atoms with Gasteiger partial charge in [0.05, 0.1) is 10.6 Å². The standard InChI is InChI=1S/C10H6ClFN2O/c11-7-2-1-3-8(12)9(7)10(15)14-5-4-13-6-14/h1-6H. The van der Waals surface area contributed by atoms with Gasteiger partial charge in [-0.05, 0) is 12.1 Å². The minimum atomic E-state index is -0.638. The molecule has 3 nitrogen and oxygen atoms in total. The number of imidazole rings is 1. The Morgan fingerprint density at radius 2 is 2.27 bits per heavy atom. The molecule has 0 aliphatic carbocycles. The molecule has 1 aromatic carbocycles. The van der Waals surface area contributed by atoms with Crippen molar-refractivity contribution >= 4 is 17.5 Å². The summed E-state index contributed by atoms with van der Waals surface area (Å²) < 4.78 is 14.5. The number of aromatic nitrogens is 2. The monoisotopic (exact) mass is 224 g/mol. The topological polar surface area (TPSA) is 34.9 Å². The summed E-state index contributed by atoms with van der Waals surface area (Å²) in [6, 6.07) is 4.10. The minimum absolute atomic E-state index is 0.0914. The van der Waals surface area contributed by atoms with E-state index in [-0.39, 0.29) is 10.6 Å². The van der Waals surface area contributed by atoms with Crippen molar-refractivity contribution in [2.24, 2.45) is 0 Å². The third-order valence-electron chi connectivity index (χ3n) is 1.92. The van der Waals surface area contributed by atoms with Gasteiger partial charge in [-0.25, -0.2) is 9.37 Å². The van der Waals surface area contributed by atoms with Gasteiger partial charge in [0.25, 0.3) is 5.91 Å². The molecule has 0 saturated carbocycles. The lowest BCUT2D eigenvalue weighted by atomic mass is 10.2. The lowest BCUT2D eigenvalue weighted by Crippen LogP contribution is -2.12. The number of carbonyl (C=O) groups is 1. The van der Waals surface area contributed by atoms with Crippen molar-refractivity contribution in [3.05, 3.63) is 53.3 Å². The Kier molecular flexibility index (Phi) is 2.51. The molecule has 0 amide bonds. The van der Waals surface area contributed by atoms with Crippen LogP contribution in [-0.2, 0) is 0 Å². The maximum Gasteiger partial charge on any atom is 0.267 e. The molecule has 0 spiro atoms. The zero-order chi connectivity index (χ0) is 10.8. The molecule has 0 N–H and O–H groups in total. The summed E-state index contributed by atoms with van der Waals surface area (Å²) >= 11 is 5.75.